The lowest BCUT2D eigenvalue weighted by atomic mass is 10.1. The van der Waals surface area contributed by atoms with Crippen LogP contribution in [-0.4, -0.2) is 22.2 Å². The molecule has 15 heavy (non-hydrogen) atoms. The number of benzene rings is 1. The Morgan fingerprint density at radius 2 is 2.27 bits per heavy atom. The lowest BCUT2D eigenvalue weighted by molar-refractivity contribution is 0.475. The van der Waals surface area contributed by atoms with Crippen LogP contribution in [0.4, 0.5) is 5.69 Å². The molecule has 3 heteroatoms. The minimum atomic E-state index is 0.340. The van der Waals surface area contributed by atoms with Gasteiger partial charge < -0.3 is 10.4 Å². The SMILES string of the molecule is Cc1cc(O)ccc1NC1CSC(C)C1. The summed E-state index contributed by atoms with van der Waals surface area (Å²) in [7, 11) is 0. The monoisotopic (exact) mass is 223 g/mol. The number of anilines is 1. The summed E-state index contributed by atoms with van der Waals surface area (Å²) in [6, 6.07) is 6.07. The van der Waals surface area contributed by atoms with Gasteiger partial charge in [-0.15, -0.1) is 0 Å². The van der Waals surface area contributed by atoms with Crippen molar-refractivity contribution in [3.63, 3.8) is 0 Å². The van der Waals surface area contributed by atoms with E-state index in [1.54, 1.807) is 12.1 Å². The van der Waals surface area contributed by atoms with Crippen LogP contribution in [0.25, 0.3) is 0 Å². The number of hydrogen-bond acceptors (Lipinski definition) is 3. The summed E-state index contributed by atoms with van der Waals surface area (Å²) in [5.74, 6) is 1.52. The highest BCUT2D eigenvalue weighted by Crippen LogP contribution is 2.29. The quantitative estimate of drug-likeness (QED) is 0.756. The lowest BCUT2D eigenvalue weighted by Gasteiger charge is -2.15. The second kappa shape index (κ2) is 4.35. The van der Waals surface area contributed by atoms with Crippen molar-refractivity contribution >= 4 is 17.4 Å². The van der Waals surface area contributed by atoms with E-state index in [9.17, 15) is 5.11 Å². The molecule has 2 unspecified atom stereocenters. The van der Waals surface area contributed by atoms with Crippen LogP contribution in [0.2, 0.25) is 0 Å². The predicted molar refractivity (Wildman–Crippen MR) is 66.8 cm³/mol. The molecule has 0 aromatic heterocycles. The van der Waals surface area contributed by atoms with Crippen molar-refractivity contribution in [3.8, 4) is 5.75 Å². The Morgan fingerprint density at radius 3 is 2.87 bits per heavy atom. The van der Waals surface area contributed by atoms with Crippen molar-refractivity contribution in [2.24, 2.45) is 0 Å². The molecule has 0 aliphatic carbocycles. The molecule has 1 aromatic rings. The van der Waals surface area contributed by atoms with Crippen LogP contribution in [0.15, 0.2) is 18.2 Å². The van der Waals surface area contributed by atoms with Gasteiger partial charge in [-0.1, -0.05) is 6.92 Å². The first-order valence-corrected chi connectivity index (χ1v) is 6.38. The summed E-state index contributed by atoms with van der Waals surface area (Å²) in [6.07, 6.45) is 1.23. The normalized spacial score (nSPS) is 25.5. The van der Waals surface area contributed by atoms with Crippen molar-refractivity contribution < 1.29 is 5.11 Å². The Bertz CT molecular complexity index is 353. The zero-order valence-corrected chi connectivity index (χ0v) is 9.97. The largest absolute Gasteiger partial charge is 0.508 e. The zero-order valence-electron chi connectivity index (χ0n) is 9.16. The molecule has 0 saturated carbocycles. The Labute approximate surface area is 95.1 Å². The highest BCUT2D eigenvalue weighted by molar-refractivity contribution is 8.00. The lowest BCUT2D eigenvalue weighted by Crippen LogP contribution is -2.19. The predicted octanol–water partition coefficient (Wildman–Crippen LogP) is 3.01. The van der Waals surface area contributed by atoms with Gasteiger partial charge in [0.2, 0.25) is 0 Å². The highest BCUT2D eigenvalue weighted by Gasteiger charge is 2.21. The number of rotatable bonds is 2. The highest BCUT2D eigenvalue weighted by atomic mass is 32.2. The maximum atomic E-state index is 9.31. The molecule has 0 bridgehead atoms. The molecule has 0 amide bonds. The fourth-order valence-corrected chi connectivity index (χ4v) is 3.10. The molecule has 1 fully saturated rings. The van der Waals surface area contributed by atoms with Crippen molar-refractivity contribution in [1.29, 1.82) is 0 Å². The van der Waals surface area contributed by atoms with Crippen LogP contribution in [0.3, 0.4) is 0 Å². The van der Waals surface area contributed by atoms with Crippen LogP contribution >= 0.6 is 11.8 Å². The first kappa shape index (κ1) is 10.7. The Balaban J connectivity index is 2.04. The summed E-state index contributed by atoms with van der Waals surface area (Å²) in [5.41, 5.74) is 2.26. The molecule has 1 aliphatic heterocycles. The number of thioether (sulfide) groups is 1. The average Bonchev–Trinajstić information content (AvgIpc) is 2.56. The van der Waals surface area contributed by atoms with Gasteiger partial charge in [-0.25, -0.2) is 0 Å². The molecule has 2 rings (SSSR count). The van der Waals surface area contributed by atoms with Gasteiger partial charge in [-0.3, -0.25) is 0 Å². The number of phenols is 1. The van der Waals surface area contributed by atoms with E-state index >= 15 is 0 Å². The summed E-state index contributed by atoms with van der Waals surface area (Å²) in [5, 5.41) is 13.6. The van der Waals surface area contributed by atoms with E-state index in [0.717, 1.165) is 16.5 Å². The molecule has 1 aromatic carbocycles. The van der Waals surface area contributed by atoms with E-state index < -0.39 is 0 Å². The van der Waals surface area contributed by atoms with Gasteiger partial charge in [-0.2, -0.15) is 11.8 Å². The molecule has 1 saturated heterocycles. The van der Waals surface area contributed by atoms with Crippen molar-refractivity contribution in [2.75, 3.05) is 11.1 Å². The van der Waals surface area contributed by atoms with Gasteiger partial charge >= 0.3 is 0 Å². The Hall–Kier alpha value is -0.830. The Morgan fingerprint density at radius 1 is 1.47 bits per heavy atom. The maximum Gasteiger partial charge on any atom is 0.115 e. The van der Waals surface area contributed by atoms with Gasteiger partial charge in [-0.05, 0) is 37.1 Å². The van der Waals surface area contributed by atoms with Crippen molar-refractivity contribution in [1.82, 2.24) is 0 Å². The van der Waals surface area contributed by atoms with Gasteiger partial charge in [0.15, 0.2) is 0 Å². The topological polar surface area (TPSA) is 32.3 Å². The number of hydrogen-bond donors (Lipinski definition) is 2. The van der Waals surface area contributed by atoms with E-state index in [-0.39, 0.29) is 0 Å². The second-order valence-corrected chi connectivity index (χ2v) is 5.69. The van der Waals surface area contributed by atoms with Crippen molar-refractivity contribution in [2.45, 2.75) is 31.6 Å². The molecule has 1 aliphatic rings. The number of aromatic hydroxyl groups is 1. The summed E-state index contributed by atoms with van der Waals surface area (Å²) < 4.78 is 0. The summed E-state index contributed by atoms with van der Waals surface area (Å²) >= 11 is 2.02. The van der Waals surface area contributed by atoms with E-state index in [0.29, 0.717) is 11.8 Å². The molecule has 2 atom stereocenters. The maximum absolute atomic E-state index is 9.31. The number of phenolic OH excluding ortho intramolecular Hbond substituents is 1. The van der Waals surface area contributed by atoms with E-state index in [4.69, 9.17) is 0 Å². The molecular formula is C12H17NOS. The van der Waals surface area contributed by atoms with Gasteiger partial charge in [0.05, 0.1) is 0 Å². The van der Waals surface area contributed by atoms with Gasteiger partial charge in [0, 0.05) is 22.7 Å². The van der Waals surface area contributed by atoms with E-state index in [2.05, 4.69) is 12.2 Å². The molecular weight excluding hydrogens is 206 g/mol. The summed E-state index contributed by atoms with van der Waals surface area (Å²) in [6.45, 7) is 4.30. The third kappa shape index (κ3) is 2.59. The molecule has 2 nitrogen and oxygen atoms in total. The first-order chi connectivity index (χ1) is 7.15. The van der Waals surface area contributed by atoms with Crippen LogP contribution in [0, 0.1) is 6.92 Å². The van der Waals surface area contributed by atoms with Crippen LogP contribution in [0.5, 0.6) is 5.75 Å². The zero-order chi connectivity index (χ0) is 10.8. The second-order valence-electron chi connectivity index (χ2n) is 4.22. The summed E-state index contributed by atoms with van der Waals surface area (Å²) in [4.78, 5) is 0. The van der Waals surface area contributed by atoms with Crippen molar-refractivity contribution in [3.05, 3.63) is 23.8 Å². The first-order valence-electron chi connectivity index (χ1n) is 5.33. The third-order valence-corrected chi connectivity index (χ3v) is 4.12. The Kier molecular flexibility index (Phi) is 3.10. The third-order valence-electron chi connectivity index (χ3n) is 2.77. The molecule has 0 spiro atoms. The number of aryl methyl sites for hydroxylation is 1. The fraction of sp³-hybridized carbons (Fsp3) is 0.500. The van der Waals surface area contributed by atoms with Crippen LogP contribution in [-0.2, 0) is 0 Å². The van der Waals surface area contributed by atoms with Gasteiger partial charge in [0.1, 0.15) is 5.75 Å². The van der Waals surface area contributed by atoms with E-state index in [1.165, 1.54) is 12.2 Å². The number of nitrogens with one attached hydrogen (secondary N) is 1. The molecule has 82 valence electrons. The molecule has 2 N–H and O–H groups in total. The van der Waals surface area contributed by atoms with Gasteiger partial charge in [0.25, 0.3) is 0 Å². The standard InChI is InChI=1S/C12H17NOS/c1-8-5-11(14)3-4-12(8)13-10-6-9(2)15-7-10/h3-5,9-10,13-14H,6-7H2,1-2H3. The molecule has 0 radical (unpaired) electrons. The average molecular weight is 223 g/mol. The van der Waals surface area contributed by atoms with Crippen LogP contribution < -0.4 is 5.32 Å². The minimum absolute atomic E-state index is 0.340. The van der Waals surface area contributed by atoms with E-state index in [1.807, 2.05) is 24.8 Å². The van der Waals surface area contributed by atoms with Crippen LogP contribution in [0.1, 0.15) is 18.9 Å². The minimum Gasteiger partial charge on any atom is -0.508 e. The molecule has 1 heterocycles. The smallest absolute Gasteiger partial charge is 0.115 e. The fourth-order valence-electron chi connectivity index (χ4n) is 1.95.